The van der Waals surface area contributed by atoms with Gasteiger partial charge in [0.05, 0.1) is 6.04 Å². The van der Waals surface area contributed by atoms with Crippen molar-refractivity contribution in [3.63, 3.8) is 0 Å². The Hall–Kier alpha value is -1.18. The van der Waals surface area contributed by atoms with E-state index in [0.29, 0.717) is 28.7 Å². The van der Waals surface area contributed by atoms with Gasteiger partial charge in [-0.1, -0.05) is 19.0 Å². The number of rotatable bonds is 6. The van der Waals surface area contributed by atoms with Gasteiger partial charge in [0.25, 0.3) is 5.89 Å². The molecule has 0 fully saturated rings. The predicted molar refractivity (Wildman–Crippen MR) is 74.4 cm³/mol. The molecule has 0 saturated carbocycles. The number of nitrogens with two attached hydrogens (primary N) is 1. The van der Waals surface area contributed by atoms with E-state index in [9.17, 15) is 0 Å². The number of hydrogen-bond acceptors (Lipinski definition) is 6. The van der Waals surface area contributed by atoms with Crippen molar-refractivity contribution < 1.29 is 8.94 Å². The molecule has 2 aromatic heterocycles. The van der Waals surface area contributed by atoms with Crippen LogP contribution in [0.2, 0.25) is 0 Å². The third-order valence-electron chi connectivity index (χ3n) is 2.91. The Kier molecular flexibility index (Phi) is 4.73. The van der Waals surface area contributed by atoms with Crippen LogP contribution in [0.4, 0.5) is 0 Å². The zero-order valence-electron chi connectivity index (χ0n) is 11.0. The Bertz CT molecular complexity index is 521. The van der Waals surface area contributed by atoms with Crippen LogP contribution in [0.25, 0.3) is 11.7 Å². The summed E-state index contributed by atoms with van der Waals surface area (Å²) in [6.07, 6.45) is 0. The molecular weight excluding hydrogens is 312 g/mol. The number of halogens is 1. The Morgan fingerprint density at radius 1 is 1.37 bits per heavy atom. The first-order valence-corrected chi connectivity index (χ1v) is 7.00. The quantitative estimate of drug-likeness (QED) is 0.877. The van der Waals surface area contributed by atoms with E-state index in [0.717, 1.165) is 13.1 Å². The summed E-state index contributed by atoms with van der Waals surface area (Å²) in [5, 5.41) is 3.91. The van der Waals surface area contributed by atoms with Gasteiger partial charge >= 0.3 is 0 Å². The Morgan fingerprint density at radius 2 is 2.11 bits per heavy atom. The average Bonchev–Trinajstić information content (AvgIpc) is 3.04. The fraction of sp³-hybridized carbons (Fsp3) is 0.500. The zero-order chi connectivity index (χ0) is 13.8. The molecule has 19 heavy (non-hydrogen) atoms. The van der Waals surface area contributed by atoms with Crippen molar-refractivity contribution >= 4 is 15.9 Å². The lowest BCUT2D eigenvalue weighted by molar-refractivity contribution is 0.278. The summed E-state index contributed by atoms with van der Waals surface area (Å²) in [7, 11) is 0. The Balaban J connectivity index is 2.08. The highest BCUT2D eigenvalue weighted by atomic mass is 79.9. The zero-order valence-corrected chi connectivity index (χ0v) is 12.6. The van der Waals surface area contributed by atoms with E-state index in [1.54, 1.807) is 12.1 Å². The van der Waals surface area contributed by atoms with Crippen molar-refractivity contribution in [3.05, 3.63) is 22.6 Å². The highest BCUT2D eigenvalue weighted by Gasteiger charge is 2.18. The van der Waals surface area contributed by atoms with Gasteiger partial charge in [0.15, 0.2) is 16.3 Å². The number of likely N-dealkylation sites (N-methyl/N-ethyl adjacent to an activating group) is 1. The lowest BCUT2D eigenvalue weighted by Crippen LogP contribution is -2.32. The van der Waals surface area contributed by atoms with Crippen LogP contribution in [0.3, 0.4) is 0 Å². The van der Waals surface area contributed by atoms with Gasteiger partial charge in [0.2, 0.25) is 0 Å². The second kappa shape index (κ2) is 6.31. The molecule has 0 radical (unpaired) electrons. The largest absolute Gasteiger partial charge is 0.444 e. The molecule has 0 saturated heterocycles. The van der Waals surface area contributed by atoms with E-state index in [-0.39, 0.29) is 6.04 Å². The van der Waals surface area contributed by atoms with Gasteiger partial charge in [-0.3, -0.25) is 0 Å². The topological polar surface area (TPSA) is 81.3 Å². The van der Waals surface area contributed by atoms with Crippen molar-refractivity contribution in [2.75, 3.05) is 19.6 Å². The average molecular weight is 329 g/mol. The maximum absolute atomic E-state index is 6.08. The van der Waals surface area contributed by atoms with E-state index < -0.39 is 0 Å². The molecule has 2 aromatic rings. The Morgan fingerprint density at radius 3 is 2.68 bits per heavy atom. The van der Waals surface area contributed by atoms with Crippen LogP contribution in [0, 0.1) is 0 Å². The van der Waals surface area contributed by atoms with Crippen LogP contribution in [0.1, 0.15) is 25.7 Å². The lowest BCUT2D eigenvalue weighted by atomic mass is 10.2. The molecule has 104 valence electrons. The van der Waals surface area contributed by atoms with E-state index in [1.807, 2.05) is 0 Å². The summed E-state index contributed by atoms with van der Waals surface area (Å²) in [5.74, 6) is 1.37. The van der Waals surface area contributed by atoms with Crippen LogP contribution in [0.15, 0.2) is 25.7 Å². The molecule has 0 aliphatic rings. The molecule has 0 bridgehead atoms. The maximum atomic E-state index is 6.08. The van der Waals surface area contributed by atoms with Crippen molar-refractivity contribution in [3.8, 4) is 11.7 Å². The molecule has 2 heterocycles. The minimum atomic E-state index is -0.268. The van der Waals surface area contributed by atoms with E-state index in [1.165, 1.54) is 0 Å². The smallest absolute Gasteiger partial charge is 0.293 e. The van der Waals surface area contributed by atoms with Crippen LogP contribution in [0.5, 0.6) is 0 Å². The van der Waals surface area contributed by atoms with Crippen LogP contribution in [-0.2, 0) is 0 Å². The molecule has 2 rings (SSSR count). The first-order chi connectivity index (χ1) is 9.13. The molecule has 0 aromatic carbocycles. The summed E-state index contributed by atoms with van der Waals surface area (Å²) in [5.41, 5.74) is 6.08. The predicted octanol–water partition coefficient (Wildman–Crippen LogP) is 2.43. The molecule has 0 aliphatic heterocycles. The second-order valence-corrected chi connectivity index (χ2v) is 4.94. The van der Waals surface area contributed by atoms with Crippen LogP contribution >= 0.6 is 15.9 Å². The highest BCUT2D eigenvalue weighted by molar-refractivity contribution is 9.10. The van der Waals surface area contributed by atoms with Crippen molar-refractivity contribution in [2.45, 2.75) is 19.9 Å². The summed E-state index contributed by atoms with van der Waals surface area (Å²) in [4.78, 5) is 6.48. The first kappa shape index (κ1) is 14.2. The monoisotopic (exact) mass is 328 g/mol. The molecule has 6 nitrogen and oxygen atoms in total. The standard InChI is InChI=1S/C12H17BrN4O2/c1-3-17(4-2)7-8(14)11-15-12(19-16-11)9-5-6-10(13)18-9/h5-6,8H,3-4,7,14H2,1-2H3. The van der Waals surface area contributed by atoms with Crippen molar-refractivity contribution in [2.24, 2.45) is 5.73 Å². The summed E-state index contributed by atoms with van der Waals surface area (Å²) >= 11 is 3.23. The normalized spacial score (nSPS) is 13.1. The first-order valence-electron chi connectivity index (χ1n) is 6.21. The number of furan rings is 1. The lowest BCUT2D eigenvalue weighted by Gasteiger charge is -2.20. The van der Waals surface area contributed by atoms with Gasteiger partial charge in [0, 0.05) is 6.54 Å². The number of hydrogen-bond donors (Lipinski definition) is 1. The summed E-state index contributed by atoms with van der Waals surface area (Å²) in [6, 6.07) is 3.27. The molecule has 0 spiro atoms. The van der Waals surface area contributed by atoms with Gasteiger partial charge < -0.3 is 19.6 Å². The van der Waals surface area contributed by atoms with E-state index >= 15 is 0 Å². The molecule has 2 N–H and O–H groups in total. The molecule has 1 unspecified atom stereocenters. The van der Waals surface area contributed by atoms with Gasteiger partial charge in [-0.15, -0.1) is 0 Å². The van der Waals surface area contributed by atoms with Crippen LogP contribution in [-0.4, -0.2) is 34.7 Å². The third kappa shape index (κ3) is 3.43. The number of aromatic nitrogens is 2. The second-order valence-electron chi connectivity index (χ2n) is 4.15. The number of nitrogens with zero attached hydrogens (tertiary/aromatic N) is 3. The fourth-order valence-corrected chi connectivity index (χ4v) is 2.06. The van der Waals surface area contributed by atoms with Gasteiger partial charge in [-0.05, 0) is 41.2 Å². The van der Waals surface area contributed by atoms with Gasteiger partial charge in [-0.2, -0.15) is 4.98 Å². The molecular formula is C12H17BrN4O2. The minimum absolute atomic E-state index is 0.268. The summed E-state index contributed by atoms with van der Waals surface area (Å²) in [6.45, 7) is 6.78. The SMILES string of the molecule is CCN(CC)CC(N)c1noc(-c2ccc(Br)o2)n1. The third-order valence-corrected chi connectivity index (χ3v) is 3.33. The highest BCUT2D eigenvalue weighted by Crippen LogP contribution is 2.24. The van der Waals surface area contributed by atoms with Crippen LogP contribution < -0.4 is 5.73 Å². The molecule has 0 aliphatic carbocycles. The minimum Gasteiger partial charge on any atom is -0.444 e. The van der Waals surface area contributed by atoms with Crippen molar-refractivity contribution in [1.29, 1.82) is 0 Å². The molecule has 1 atom stereocenters. The van der Waals surface area contributed by atoms with E-state index in [2.05, 4.69) is 44.8 Å². The summed E-state index contributed by atoms with van der Waals surface area (Å²) < 4.78 is 11.1. The van der Waals surface area contributed by atoms with E-state index in [4.69, 9.17) is 14.7 Å². The maximum Gasteiger partial charge on any atom is 0.293 e. The van der Waals surface area contributed by atoms with Crippen molar-refractivity contribution in [1.82, 2.24) is 15.0 Å². The fourth-order valence-electron chi connectivity index (χ4n) is 1.76. The van der Waals surface area contributed by atoms with Gasteiger partial charge in [-0.25, -0.2) is 0 Å². The molecule has 0 amide bonds. The van der Waals surface area contributed by atoms with Gasteiger partial charge in [0.1, 0.15) is 0 Å². The molecule has 7 heteroatoms. The Labute approximate surface area is 120 Å².